The van der Waals surface area contributed by atoms with Gasteiger partial charge in [-0.1, -0.05) is 11.6 Å². The van der Waals surface area contributed by atoms with Crippen molar-refractivity contribution < 1.29 is 4.74 Å². The van der Waals surface area contributed by atoms with Gasteiger partial charge < -0.3 is 4.74 Å². The van der Waals surface area contributed by atoms with E-state index < -0.39 is 5.60 Å². The molecule has 0 atom stereocenters. The van der Waals surface area contributed by atoms with Crippen molar-refractivity contribution in [2.75, 3.05) is 0 Å². The molecule has 0 unspecified atom stereocenters. The lowest BCUT2D eigenvalue weighted by Gasteiger charge is -2.33. The predicted octanol–water partition coefficient (Wildman–Crippen LogP) is 3.63. The third kappa shape index (κ3) is 1.79. The van der Waals surface area contributed by atoms with Gasteiger partial charge in [0.1, 0.15) is 28.3 Å². The first-order valence-electron chi connectivity index (χ1n) is 6.98. The number of aryl methyl sites for hydroxylation is 1. The maximum atomic E-state index is 6.12. The molecule has 0 radical (unpaired) electrons. The van der Waals surface area contributed by atoms with E-state index in [0.29, 0.717) is 5.65 Å². The van der Waals surface area contributed by atoms with Crippen LogP contribution in [0.5, 0.6) is 5.75 Å². The second-order valence-corrected chi connectivity index (χ2v) is 5.88. The van der Waals surface area contributed by atoms with E-state index in [1.165, 1.54) is 5.56 Å². The Hall–Kier alpha value is -2.49. The van der Waals surface area contributed by atoms with E-state index in [1.54, 1.807) is 6.20 Å². The highest BCUT2D eigenvalue weighted by Crippen LogP contribution is 2.43. The van der Waals surface area contributed by atoms with Crippen molar-refractivity contribution >= 4 is 11.2 Å². The normalized spacial score (nSPS) is 15.2. The molecule has 0 spiro atoms. The molecule has 0 fully saturated rings. The quantitative estimate of drug-likeness (QED) is 0.629. The van der Waals surface area contributed by atoms with Gasteiger partial charge in [-0.25, -0.2) is 15.0 Å². The number of hydrogen-bond acceptors (Lipinski definition) is 4. The molecular weight excluding hydrogens is 262 g/mol. The van der Waals surface area contributed by atoms with Crippen LogP contribution >= 0.6 is 0 Å². The summed E-state index contributed by atoms with van der Waals surface area (Å²) in [5, 5.41) is 0. The van der Waals surface area contributed by atoms with E-state index >= 15 is 0 Å². The second-order valence-electron chi connectivity index (χ2n) is 5.88. The zero-order valence-electron chi connectivity index (χ0n) is 12.2. The van der Waals surface area contributed by atoms with Crippen LogP contribution in [-0.4, -0.2) is 15.0 Å². The van der Waals surface area contributed by atoms with E-state index in [4.69, 9.17) is 14.7 Å². The average molecular weight is 277 g/mol. The van der Waals surface area contributed by atoms with Crippen LogP contribution in [0.1, 0.15) is 25.1 Å². The van der Waals surface area contributed by atoms with Gasteiger partial charge >= 0.3 is 0 Å². The zero-order chi connectivity index (χ0) is 14.6. The summed E-state index contributed by atoms with van der Waals surface area (Å²) < 4.78 is 6.12. The maximum absolute atomic E-state index is 6.12. The fourth-order valence-electron chi connectivity index (χ4n) is 2.74. The number of rotatable bonds is 0. The molecule has 0 N–H and O–H groups in total. The molecule has 0 saturated carbocycles. The topological polar surface area (TPSA) is 47.9 Å². The summed E-state index contributed by atoms with van der Waals surface area (Å²) in [6.07, 6.45) is 1.73. The zero-order valence-corrected chi connectivity index (χ0v) is 12.2. The minimum atomic E-state index is -0.518. The van der Waals surface area contributed by atoms with Crippen molar-refractivity contribution in [3.05, 3.63) is 47.8 Å². The molecule has 0 aliphatic carbocycles. The Labute approximate surface area is 122 Å². The van der Waals surface area contributed by atoms with Gasteiger partial charge in [0.2, 0.25) is 0 Å². The van der Waals surface area contributed by atoms with Crippen LogP contribution in [0, 0.1) is 6.92 Å². The van der Waals surface area contributed by atoms with Crippen molar-refractivity contribution in [1.82, 2.24) is 15.0 Å². The highest BCUT2D eigenvalue weighted by atomic mass is 16.5. The van der Waals surface area contributed by atoms with Crippen LogP contribution in [0.3, 0.4) is 0 Å². The van der Waals surface area contributed by atoms with Gasteiger partial charge in [0, 0.05) is 11.8 Å². The molecule has 0 saturated heterocycles. The number of fused-ring (bicyclic) bond motifs is 4. The third-order valence-electron chi connectivity index (χ3n) is 3.77. The Morgan fingerprint density at radius 2 is 1.95 bits per heavy atom. The molecular formula is C17H15N3O. The van der Waals surface area contributed by atoms with E-state index in [1.807, 2.05) is 32.0 Å². The first-order valence-corrected chi connectivity index (χ1v) is 6.98. The number of hydrogen-bond donors (Lipinski definition) is 0. The van der Waals surface area contributed by atoms with Gasteiger partial charge in [0.25, 0.3) is 0 Å². The molecule has 2 aromatic heterocycles. The van der Waals surface area contributed by atoms with Gasteiger partial charge in [-0.15, -0.1) is 0 Å². The van der Waals surface area contributed by atoms with Crippen LogP contribution in [0.4, 0.5) is 0 Å². The molecule has 4 heteroatoms. The molecule has 1 aliphatic heterocycles. The number of benzene rings is 1. The van der Waals surface area contributed by atoms with Crippen molar-refractivity contribution in [2.45, 2.75) is 26.4 Å². The fourth-order valence-corrected chi connectivity index (χ4v) is 2.74. The van der Waals surface area contributed by atoms with Crippen molar-refractivity contribution in [3.8, 4) is 17.0 Å². The summed E-state index contributed by atoms with van der Waals surface area (Å²) in [6.45, 7) is 6.09. The molecule has 0 amide bonds. The standard InChI is InChI=1S/C17H15N3O/c1-10-6-7-13-11(9-10)14-15(17(2,3)21-13)20-16-12(19-14)5-4-8-18-16/h4-9H,1-3H3. The first-order chi connectivity index (χ1) is 10.0. The van der Waals surface area contributed by atoms with E-state index in [2.05, 4.69) is 24.0 Å². The second kappa shape index (κ2) is 4.01. The summed E-state index contributed by atoms with van der Waals surface area (Å²) in [6, 6.07) is 9.97. The minimum Gasteiger partial charge on any atom is -0.481 e. The fraction of sp³-hybridized carbons (Fsp3) is 0.235. The number of aromatic nitrogens is 3. The molecule has 4 rings (SSSR count). The number of nitrogens with zero attached hydrogens (tertiary/aromatic N) is 3. The van der Waals surface area contributed by atoms with Crippen molar-refractivity contribution in [1.29, 1.82) is 0 Å². The van der Waals surface area contributed by atoms with Gasteiger partial charge in [0.15, 0.2) is 5.65 Å². The Balaban J connectivity index is 2.10. The maximum Gasteiger partial charge on any atom is 0.178 e. The lowest BCUT2D eigenvalue weighted by atomic mass is 9.93. The monoisotopic (exact) mass is 277 g/mol. The number of ether oxygens (including phenoxy) is 1. The molecule has 21 heavy (non-hydrogen) atoms. The SMILES string of the molecule is Cc1ccc2c(c1)-c1nc3cccnc3nc1C(C)(C)O2. The molecule has 4 nitrogen and oxygen atoms in total. The van der Waals surface area contributed by atoms with Crippen LogP contribution < -0.4 is 4.74 Å². The predicted molar refractivity (Wildman–Crippen MR) is 81.2 cm³/mol. The van der Waals surface area contributed by atoms with Crippen LogP contribution in [-0.2, 0) is 5.60 Å². The van der Waals surface area contributed by atoms with Gasteiger partial charge in [-0.05, 0) is 45.0 Å². The Bertz CT molecular complexity index is 871. The largest absolute Gasteiger partial charge is 0.481 e. The highest BCUT2D eigenvalue weighted by Gasteiger charge is 2.35. The number of pyridine rings is 1. The summed E-state index contributed by atoms with van der Waals surface area (Å²) in [4.78, 5) is 13.8. The summed E-state index contributed by atoms with van der Waals surface area (Å²) >= 11 is 0. The van der Waals surface area contributed by atoms with E-state index in [0.717, 1.165) is 28.2 Å². The summed E-state index contributed by atoms with van der Waals surface area (Å²) in [5.41, 5.74) is 4.86. The Kier molecular flexibility index (Phi) is 2.34. The van der Waals surface area contributed by atoms with Crippen molar-refractivity contribution in [3.63, 3.8) is 0 Å². The highest BCUT2D eigenvalue weighted by molar-refractivity contribution is 5.79. The summed E-state index contributed by atoms with van der Waals surface area (Å²) in [7, 11) is 0. The Morgan fingerprint density at radius 3 is 2.81 bits per heavy atom. The smallest absolute Gasteiger partial charge is 0.178 e. The molecule has 3 heterocycles. The lowest BCUT2D eigenvalue weighted by Crippen LogP contribution is -2.31. The molecule has 1 aromatic carbocycles. The van der Waals surface area contributed by atoms with Crippen LogP contribution in [0.2, 0.25) is 0 Å². The first kappa shape index (κ1) is 12.3. The van der Waals surface area contributed by atoms with Gasteiger partial charge in [-0.2, -0.15) is 0 Å². The van der Waals surface area contributed by atoms with Crippen LogP contribution in [0.25, 0.3) is 22.4 Å². The van der Waals surface area contributed by atoms with Gasteiger partial charge in [-0.3, -0.25) is 0 Å². The third-order valence-corrected chi connectivity index (χ3v) is 3.77. The van der Waals surface area contributed by atoms with Gasteiger partial charge in [0.05, 0.1) is 0 Å². The van der Waals surface area contributed by atoms with E-state index in [-0.39, 0.29) is 0 Å². The van der Waals surface area contributed by atoms with Crippen molar-refractivity contribution in [2.24, 2.45) is 0 Å². The molecule has 104 valence electrons. The summed E-state index contributed by atoms with van der Waals surface area (Å²) in [5.74, 6) is 0.857. The molecule has 1 aliphatic rings. The molecule has 3 aromatic rings. The van der Waals surface area contributed by atoms with E-state index in [9.17, 15) is 0 Å². The average Bonchev–Trinajstić information content (AvgIpc) is 2.47. The Morgan fingerprint density at radius 1 is 1.10 bits per heavy atom. The minimum absolute atomic E-state index is 0.518. The lowest BCUT2D eigenvalue weighted by molar-refractivity contribution is 0.100. The van der Waals surface area contributed by atoms with Crippen LogP contribution in [0.15, 0.2) is 36.5 Å². The molecule has 0 bridgehead atoms.